The summed E-state index contributed by atoms with van der Waals surface area (Å²) in [6.07, 6.45) is 3.81. The average Bonchev–Trinajstić information content (AvgIpc) is 2.94. The molecule has 0 unspecified atom stereocenters. The molecule has 2 rings (SSSR count). The van der Waals surface area contributed by atoms with Crippen molar-refractivity contribution in [2.24, 2.45) is 5.92 Å². The fourth-order valence-corrected chi connectivity index (χ4v) is 1.89. The van der Waals surface area contributed by atoms with Gasteiger partial charge in [0.05, 0.1) is 4.92 Å². The summed E-state index contributed by atoms with van der Waals surface area (Å²) in [5.74, 6) is 0.511. The second-order valence-corrected chi connectivity index (χ2v) is 4.62. The Kier molecular flexibility index (Phi) is 2.60. The van der Waals surface area contributed by atoms with Crippen molar-refractivity contribution in [3.05, 3.63) is 37.2 Å². The number of halogens is 1. The number of aromatic nitrogens is 1. The zero-order chi connectivity index (χ0) is 11.0. The lowest BCUT2D eigenvalue weighted by Gasteiger charge is -2.04. The summed E-state index contributed by atoms with van der Waals surface area (Å²) in [7, 11) is 0. The molecule has 80 valence electrons. The molecule has 1 aliphatic carbocycles. The van der Waals surface area contributed by atoms with Crippen molar-refractivity contribution < 1.29 is 4.92 Å². The predicted molar refractivity (Wildman–Crippen MR) is 57.8 cm³/mol. The minimum Gasteiger partial charge on any atom is -0.308 e. The Morgan fingerprint density at radius 3 is 2.80 bits per heavy atom. The highest BCUT2D eigenvalue weighted by Gasteiger charge is 2.24. The van der Waals surface area contributed by atoms with Gasteiger partial charge in [-0.15, -0.1) is 0 Å². The summed E-state index contributed by atoms with van der Waals surface area (Å²) >= 11 is 3.16. The molecule has 1 aromatic heterocycles. The van der Waals surface area contributed by atoms with E-state index in [9.17, 15) is 14.9 Å². The lowest BCUT2D eigenvalue weighted by molar-refractivity contribution is -0.386. The van der Waals surface area contributed by atoms with E-state index in [1.165, 1.54) is 10.6 Å². The van der Waals surface area contributed by atoms with Crippen LogP contribution in [0.5, 0.6) is 0 Å². The zero-order valence-corrected chi connectivity index (χ0v) is 9.44. The fourth-order valence-electron chi connectivity index (χ4n) is 1.43. The summed E-state index contributed by atoms with van der Waals surface area (Å²) in [5.41, 5.74) is -0.889. The molecule has 1 aliphatic rings. The second-order valence-electron chi connectivity index (χ2n) is 3.70. The van der Waals surface area contributed by atoms with Gasteiger partial charge in [-0.05, 0) is 34.7 Å². The number of rotatable bonds is 3. The Morgan fingerprint density at radius 2 is 2.27 bits per heavy atom. The summed E-state index contributed by atoms with van der Waals surface area (Å²) in [6, 6.07) is 1.24. The first-order chi connectivity index (χ1) is 7.08. The quantitative estimate of drug-likeness (QED) is 0.624. The van der Waals surface area contributed by atoms with Crippen molar-refractivity contribution in [3.8, 4) is 0 Å². The van der Waals surface area contributed by atoms with Crippen molar-refractivity contribution in [2.45, 2.75) is 19.4 Å². The lowest BCUT2D eigenvalue weighted by atomic mass is 10.3. The van der Waals surface area contributed by atoms with Crippen LogP contribution in [0.2, 0.25) is 0 Å². The lowest BCUT2D eigenvalue weighted by Crippen LogP contribution is -2.22. The van der Waals surface area contributed by atoms with E-state index in [2.05, 4.69) is 15.9 Å². The van der Waals surface area contributed by atoms with Gasteiger partial charge in [0.25, 0.3) is 0 Å². The maximum absolute atomic E-state index is 11.6. The molecule has 1 heterocycles. The van der Waals surface area contributed by atoms with E-state index in [4.69, 9.17) is 0 Å². The van der Waals surface area contributed by atoms with Crippen molar-refractivity contribution in [2.75, 3.05) is 0 Å². The van der Waals surface area contributed by atoms with Crippen LogP contribution in [0.15, 0.2) is 21.5 Å². The van der Waals surface area contributed by atoms with Crippen LogP contribution in [0.1, 0.15) is 12.8 Å². The Labute approximate surface area is 94.0 Å². The van der Waals surface area contributed by atoms with Crippen LogP contribution in [-0.2, 0) is 6.54 Å². The van der Waals surface area contributed by atoms with E-state index in [0.717, 1.165) is 12.8 Å². The molecule has 0 bridgehead atoms. The monoisotopic (exact) mass is 272 g/mol. The molecule has 0 radical (unpaired) electrons. The van der Waals surface area contributed by atoms with Gasteiger partial charge in [-0.25, -0.2) is 0 Å². The van der Waals surface area contributed by atoms with Crippen LogP contribution in [0.4, 0.5) is 5.69 Å². The van der Waals surface area contributed by atoms with Gasteiger partial charge in [0.15, 0.2) is 0 Å². The minimum atomic E-state index is -0.642. The topological polar surface area (TPSA) is 65.1 Å². The van der Waals surface area contributed by atoms with Crippen LogP contribution in [0, 0.1) is 16.0 Å². The summed E-state index contributed by atoms with van der Waals surface area (Å²) in [4.78, 5) is 21.6. The molecule has 0 spiro atoms. The van der Waals surface area contributed by atoms with E-state index < -0.39 is 10.5 Å². The maximum atomic E-state index is 11.6. The average molecular weight is 273 g/mol. The van der Waals surface area contributed by atoms with Crippen LogP contribution < -0.4 is 5.56 Å². The van der Waals surface area contributed by atoms with Crippen molar-refractivity contribution in [1.82, 2.24) is 4.57 Å². The Balaban J connectivity index is 2.44. The number of hydrogen-bond donors (Lipinski definition) is 0. The molecule has 0 saturated heterocycles. The molecule has 0 atom stereocenters. The standard InChI is InChI=1S/C9H9BrN2O3/c10-7-3-8(12(14)15)9(13)11(5-7)4-6-1-2-6/h3,5-6H,1-2,4H2. The molecule has 15 heavy (non-hydrogen) atoms. The third kappa shape index (κ3) is 2.26. The minimum absolute atomic E-state index is 0.370. The maximum Gasteiger partial charge on any atom is 0.335 e. The smallest absolute Gasteiger partial charge is 0.308 e. The van der Waals surface area contributed by atoms with Gasteiger partial charge in [0.1, 0.15) is 0 Å². The van der Waals surface area contributed by atoms with Crippen molar-refractivity contribution in [3.63, 3.8) is 0 Å². The van der Waals surface area contributed by atoms with Gasteiger partial charge in [0.2, 0.25) is 0 Å². The highest BCUT2D eigenvalue weighted by molar-refractivity contribution is 9.10. The largest absolute Gasteiger partial charge is 0.335 e. The number of hydrogen-bond acceptors (Lipinski definition) is 3. The van der Waals surface area contributed by atoms with Crippen LogP contribution >= 0.6 is 15.9 Å². The normalized spacial score (nSPS) is 15.3. The fraction of sp³-hybridized carbons (Fsp3) is 0.444. The van der Waals surface area contributed by atoms with Gasteiger partial charge in [-0.1, -0.05) is 0 Å². The molecular weight excluding hydrogens is 264 g/mol. The highest BCUT2D eigenvalue weighted by atomic mass is 79.9. The molecule has 6 heteroatoms. The van der Waals surface area contributed by atoms with E-state index in [1.54, 1.807) is 6.20 Å². The SMILES string of the molecule is O=c1c([N+](=O)[O-])cc(Br)cn1CC1CC1. The molecule has 1 saturated carbocycles. The highest BCUT2D eigenvalue weighted by Crippen LogP contribution is 2.30. The molecule has 0 aliphatic heterocycles. The van der Waals surface area contributed by atoms with Gasteiger partial charge in [0, 0.05) is 23.3 Å². The summed E-state index contributed by atoms with van der Waals surface area (Å²) < 4.78 is 1.98. The van der Waals surface area contributed by atoms with Gasteiger partial charge < -0.3 is 4.57 Å². The molecule has 0 amide bonds. The molecule has 0 N–H and O–H groups in total. The van der Waals surface area contributed by atoms with E-state index >= 15 is 0 Å². The molecule has 1 fully saturated rings. The summed E-state index contributed by atoms with van der Waals surface area (Å²) in [5, 5.41) is 10.6. The molecule has 0 aromatic carbocycles. The zero-order valence-electron chi connectivity index (χ0n) is 7.85. The number of pyridine rings is 1. The molecule has 1 aromatic rings. The van der Waals surface area contributed by atoms with Crippen LogP contribution in [0.25, 0.3) is 0 Å². The molecule has 5 nitrogen and oxygen atoms in total. The van der Waals surface area contributed by atoms with Gasteiger partial charge >= 0.3 is 11.2 Å². The Hall–Kier alpha value is -1.17. The third-order valence-corrected chi connectivity index (χ3v) is 2.82. The van der Waals surface area contributed by atoms with Crippen LogP contribution in [-0.4, -0.2) is 9.49 Å². The van der Waals surface area contributed by atoms with Crippen molar-refractivity contribution >= 4 is 21.6 Å². The van der Waals surface area contributed by atoms with Gasteiger partial charge in [-0.2, -0.15) is 0 Å². The second kappa shape index (κ2) is 3.77. The molecular formula is C9H9BrN2O3. The Morgan fingerprint density at radius 1 is 1.60 bits per heavy atom. The number of nitro groups is 1. The van der Waals surface area contributed by atoms with Gasteiger partial charge in [-0.3, -0.25) is 14.9 Å². The first-order valence-corrected chi connectivity index (χ1v) is 5.41. The first kappa shape index (κ1) is 10.4. The predicted octanol–water partition coefficient (Wildman–Crippen LogP) is 1.93. The van der Waals surface area contributed by atoms with E-state index in [1.807, 2.05) is 0 Å². The Bertz CT molecular complexity index is 465. The van der Waals surface area contributed by atoms with E-state index in [0.29, 0.717) is 16.9 Å². The van der Waals surface area contributed by atoms with Crippen molar-refractivity contribution in [1.29, 1.82) is 0 Å². The van der Waals surface area contributed by atoms with Crippen LogP contribution in [0.3, 0.4) is 0 Å². The number of nitrogens with zero attached hydrogens (tertiary/aromatic N) is 2. The summed E-state index contributed by atoms with van der Waals surface area (Å²) in [6.45, 7) is 0.582. The van der Waals surface area contributed by atoms with E-state index in [-0.39, 0.29) is 5.69 Å². The first-order valence-electron chi connectivity index (χ1n) is 4.62. The third-order valence-electron chi connectivity index (χ3n) is 2.38.